The Morgan fingerprint density at radius 2 is 1.73 bits per heavy atom. The zero-order valence-electron chi connectivity index (χ0n) is 19.1. The summed E-state index contributed by atoms with van der Waals surface area (Å²) in [5, 5.41) is 13.6. The van der Waals surface area contributed by atoms with E-state index in [9.17, 15) is 14.3 Å². The van der Waals surface area contributed by atoms with Crippen molar-refractivity contribution >= 4 is 6.09 Å². The van der Waals surface area contributed by atoms with Crippen molar-refractivity contribution in [2.75, 3.05) is 6.54 Å². The number of carbonyl (C=O) groups is 1. The van der Waals surface area contributed by atoms with Gasteiger partial charge in [0.25, 0.3) is 0 Å². The molecule has 3 aromatic rings. The largest absolute Gasteiger partial charge is 0.445 e. The Morgan fingerprint density at radius 3 is 2.36 bits per heavy atom. The van der Waals surface area contributed by atoms with Crippen molar-refractivity contribution in [1.29, 1.82) is 0 Å². The van der Waals surface area contributed by atoms with Crippen molar-refractivity contribution in [2.24, 2.45) is 5.73 Å². The molecule has 1 heterocycles. The summed E-state index contributed by atoms with van der Waals surface area (Å²) in [6.07, 6.45) is -0.135. The summed E-state index contributed by atoms with van der Waals surface area (Å²) < 4.78 is 18.7. The predicted octanol–water partition coefficient (Wildman–Crippen LogP) is 4.14. The molecule has 0 aliphatic rings. The lowest BCUT2D eigenvalue weighted by Gasteiger charge is -2.29. The number of carbonyl (C=O) groups excluding carboxylic acids is 1. The predicted molar refractivity (Wildman–Crippen MR) is 125 cm³/mol. The normalized spacial score (nSPS) is 13.3. The third kappa shape index (κ3) is 6.60. The molecule has 33 heavy (non-hydrogen) atoms. The molecule has 1 amide bonds. The Bertz CT molecular complexity index is 1080. The molecule has 0 aliphatic heterocycles. The monoisotopic (exact) mass is 451 g/mol. The average molecular weight is 452 g/mol. The molecule has 1 aromatic heterocycles. The van der Waals surface area contributed by atoms with Crippen LogP contribution >= 0.6 is 0 Å². The number of amides is 1. The summed E-state index contributed by atoms with van der Waals surface area (Å²) in [5.41, 5.74) is 7.14. The molecular weight excluding hydrogens is 421 g/mol. The van der Waals surface area contributed by atoms with Crippen molar-refractivity contribution in [3.8, 4) is 0 Å². The summed E-state index contributed by atoms with van der Waals surface area (Å²) in [5.74, 6) is -0.313. The van der Waals surface area contributed by atoms with E-state index in [0.29, 0.717) is 17.8 Å². The molecule has 1 unspecified atom stereocenters. The van der Waals surface area contributed by atoms with E-state index in [1.165, 1.54) is 12.1 Å². The number of aromatic nitrogens is 1. The number of halogens is 1. The van der Waals surface area contributed by atoms with E-state index in [-0.39, 0.29) is 19.0 Å². The van der Waals surface area contributed by atoms with Gasteiger partial charge in [-0.2, -0.15) is 0 Å². The van der Waals surface area contributed by atoms with Gasteiger partial charge in [-0.1, -0.05) is 42.5 Å². The molecule has 0 saturated carbocycles. The van der Waals surface area contributed by atoms with Crippen LogP contribution in [0.3, 0.4) is 0 Å². The summed E-state index contributed by atoms with van der Waals surface area (Å²) in [4.78, 5) is 17.1. The van der Waals surface area contributed by atoms with Gasteiger partial charge in [-0.25, -0.2) is 9.18 Å². The van der Waals surface area contributed by atoms with Crippen LogP contribution in [0.2, 0.25) is 0 Å². The number of hydrogen-bond donors (Lipinski definition) is 3. The molecule has 1 atom stereocenters. The number of nitrogens with two attached hydrogens (primary N) is 1. The second kappa shape index (κ2) is 10.1. The van der Waals surface area contributed by atoms with Gasteiger partial charge in [-0.05, 0) is 61.7 Å². The molecule has 0 aliphatic carbocycles. The minimum atomic E-state index is -1.35. The van der Waals surface area contributed by atoms with E-state index in [1.807, 2.05) is 50.2 Å². The van der Waals surface area contributed by atoms with Gasteiger partial charge in [-0.3, -0.25) is 4.98 Å². The topological polar surface area (TPSA) is 97.5 Å². The number of nitrogens with one attached hydrogen (secondary N) is 1. The fourth-order valence-electron chi connectivity index (χ4n) is 3.32. The SMILES string of the molecule is CC(O)(CN)c1cc(C(C)(C)NC(=O)OCc2ccccc2)cc(Cc2ccc(F)cc2)n1. The third-order valence-electron chi connectivity index (χ3n) is 5.48. The number of hydrogen-bond acceptors (Lipinski definition) is 5. The first kappa shape index (κ1) is 24.4. The van der Waals surface area contributed by atoms with Crippen LogP contribution in [0.1, 0.15) is 48.8 Å². The summed E-state index contributed by atoms with van der Waals surface area (Å²) in [6.45, 7) is 5.41. The molecule has 6 nitrogen and oxygen atoms in total. The third-order valence-corrected chi connectivity index (χ3v) is 5.48. The second-order valence-corrected chi connectivity index (χ2v) is 8.83. The van der Waals surface area contributed by atoms with Crippen molar-refractivity contribution in [3.05, 3.63) is 101 Å². The lowest BCUT2D eigenvalue weighted by Crippen LogP contribution is -2.42. The molecule has 0 saturated heterocycles. The van der Waals surface area contributed by atoms with E-state index in [1.54, 1.807) is 25.1 Å². The summed E-state index contributed by atoms with van der Waals surface area (Å²) in [7, 11) is 0. The van der Waals surface area contributed by atoms with Crippen LogP contribution in [0.25, 0.3) is 0 Å². The molecule has 0 spiro atoms. The minimum absolute atomic E-state index is 0.0214. The van der Waals surface area contributed by atoms with Crippen LogP contribution in [0.5, 0.6) is 0 Å². The van der Waals surface area contributed by atoms with Gasteiger partial charge >= 0.3 is 6.09 Å². The maximum Gasteiger partial charge on any atom is 0.408 e. The first-order valence-electron chi connectivity index (χ1n) is 10.8. The Kier molecular flexibility index (Phi) is 7.46. The number of nitrogens with zero attached hydrogens (tertiary/aromatic N) is 1. The summed E-state index contributed by atoms with van der Waals surface area (Å²) in [6, 6.07) is 19.2. The molecule has 4 N–H and O–H groups in total. The van der Waals surface area contributed by atoms with Gasteiger partial charge in [-0.15, -0.1) is 0 Å². The van der Waals surface area contributed by atoms with Gasteiger partial charge in [0.1, 0.15) is 18.0 Å². The lowest BCUT2D eigenvalue weighted by atomic mass is 9.90. The molecule has 0 radical (unpaired) electrons. The zero-order chi connectivity index (χ0) is 24.1. The number of alkyl carbamates (subject to hydrolysis) is 1. The summed E-state index contributed by atoms with van der Waals surface area (Å²) >= 11 is 0. The number of pyridine rings is 1. The Balaban J connectivity index is 1.84. The van der Waals surface area contributed by atoms with E-state index in [0.717, 1.165) is 16.7 Å². The molecule has 3 rings (SSSR count). The van der Waals surface area contributed by atoms with Gasteiger partial charge in [0.2, 0.25) is 0 Å². The molecule has 0 bridgehead atoms. The van der Waals surface area contributed by atoms with Crippen molar-refractivity contribution in [3.63, 3.8) is 0 Å². The fourth-order valence-corrected chi connectivity index (χ4v) is 3.32. The number of benzene rings is 2. The fraction of sp³-hybridized carbons (Fsp3) is 0.308. The van der Waals surface area contributed by atoms with Gasteiger partial charge in [0.05, 0.1) is 11.2 Å². The highest BCUT2D eigenvalue weighted by Gasteiger charge is 2.29. The Labute approximate surface area is 193 Å². The van der Waals surface area contributed by atoms with Crippen LogP contribution in [0, 0.1) is 5.82 Å². The van der Waals surface area contributed by atoms with Crippen molar-refractivity contribution in [1.82, 2.24) is 10.3 Å². The van der Waals surface area contributed by atoms with E-state index < -0.39 is 17.2 Å². The Hall–Kier alpha value is -3.29. The van der Waals surface area contributed by atoms with E-state index in [4.69, 9.17) is 10.5 Å². The number of rotatable bonds is 8. The number of ether oxygens (including phenoxy) is 1. The molecule has 174 valence electrons. The van der Waals surface area contributed by atoms with Gasteiger partial charge < -0.3 is 20.9 Å². The van der Waals surface area contributed by atoms with Crippen molar-refractivity contribution < 1.29 is 19.0 Å². The van der Waals surface area contributed by atoms with E-state index >= 15 is 0 Å². The first-order valence-corrected chi connectivity index (χ1v) is 10.8. The van der Waals surface area contributed by atoms with Crippen LogP contribution in [-0.2, 0) is 28.9 Å². The molecular formula is C26H30FN3O3. The van der Waals surface area contributed by atoms with Gasteiger partial charge in [0, 0.05) is 18.7 Å². The maximum atomic E-state index is 13.3. The number of aliphatic hydroxyl groups is 1. The molecule has 0 fully saturated rings. The maximum absolute atomic E-state index is 13.3. The van der Waals surface area contributed by atoms with Crippen LogP contribution in [0.4, 0.5) is 9.18 Å². The van der Waals surface area contributed by atoms with Crippen LogP contribution < -0.4 is 11.1 Å². The van der Waals surface area contributed by atoms with Crippen LogP contribution in [0.15, 0.2) is 66.7 Å². The zero-order valence-corrected chi connectivity index (χ0v) is 19.1. The van der Waals surface area contributed by atoms with Crippen molar-refractivity contribution in [2.45, 2.75) is 44.9 Å². The molecule has 2 aromatic carbocycles. The highest BCUT2D eigenvalue weighted by molar-refractivity contribution is 5.68. The molecule has 7 heteroatoms. The lowest BCUT2D eigenvalue weighted by molar-refractivity contribution is 0.0618. The average Bonchev–Trinajstić information content (AvgIpc) is 2.79. The van der Waals surface area contributed by atoms with Crippen LogP contribution in [-0.4, -0.2) is 22.7 Å². The van der Waals surface area contributed by atoms with Gasteiger partial charge in [0.15, 0.2) is 0 Å². The first-order chi connectivity index (χ1) is 15.6. The van der Waals surface area contributed by atoms with E-state index in [2.05, 4.69) is 10.3 Å². The highest BCUT2D eigenvalue weighted by Crippen LogP contribution is 2.27. The minimum Gasteiger partial charge on any atom is -0.445 e. The second-order valence-electron chi connectivity index (χ2n) is 8.83. The smallest absolute Gasteiger partial charge is 0.408 e. The quantitative estimate of drug-likeness (QED) is 0.478. The highest BCUT2D eigenvalue weighted by atomic mass is 19.1. The Morgan fingerprint density at radius 1 is 1.06 bits per heavy atom. The standard InChI is InChI=1S/C26H30FN3O3/c1-25(2,30-24(31)33-16-19-7-5-4-6-8-19)20-14-22(13-18-9-11-21(27)12-10-18)29-23(15-20)26(3,32)17-28/h4-12,14-15,32H,13,16-17,28H2,1-3H3,(H,30,31).